The van der Waals surface area contributed by atoms with Crippen molar-refractivity contribution < 1.29 is 4.42 Å². The smallest absolute Gasteiger partial charge is 0.143 e. The molecule has 0 aliphatic carbocycles. The van der Waals surface area contributed by atoms with Crippen LogP contribution in [0.25, 0.3) is 93.5 Å². The van der Waals surface area contributed by atoms with Crippen molar-refractivity contribution in [3.05, 3.63) is 140 Å². The quantitative estimate of drug-likeness (QED) is 0.211. The summed E-state index contributed by atoms with van der Waals surface area (Å²) in [5.74, 6) is 0. The number of fused-ring (bicyclic) bond motifs is 12. The summed E-state index contributed by atoms with van der Waals surface area (Å²) in [6.07, 6.45) is 2.07. The van der Waals surface area contributed by atoms with Crippen LogP contribution in [0.3, 0.4) is 0 Å². The van der Waals surface area contributed by atoms with Crippen LogP contribution < -0.4 is 0 Å². The van der Waals surface area contributed by atoms with Crippen LogP contribution in [0.15, 0.2) is 144 Å². The van der Waals surface area contributed by atoms with E-state index in [0.29, 0.717) is 0 Å². The molecular formula is C40H23N3O. The number of furan rings is 1. The van der Waals surface area contributed by atoms with Crippen molar-refractivity contribution in [2.24, 2.45) is 0 Å². The second-order valence-electron chi connectivity index (χ2n) is 11.4. The van der Waals surface area contributed by atoms with E-state index in [2.05, 4.69) is 126 Å². The fraction of sp³-hybridized carbons (Fsp3) is 0. The third kappa shape index (κ3) is 3.22. The standard InChI is InChI=1S/C40H23N3O/c1-2-11-25(12-3-1)37-39-38(42-34-16-8-9-21-43(34)39)31-23-27(17-19-32(31)41-37)30-22-26-13-5-7-15-29(26)36-35-28-14-6-4-10-24(28)18-20-33(35)44-40(30)36/h1-23H. The van der Waals surface area contributed by atoms with Gasteiger partial charge in [-0.1, -0.05) is 97.1 Å². The van der Waals surface area contributed by atoms with Gasteiger partial charge in [0.05, 0.1) is 16.7 Å². The van der Waals surface area contributed by atoms with E-state index < -0.39 is 0 Å². The zero-order valence-corrected chi connectivity index (χ0v) is 23.5. The number of nitrogens with zero attached hydrogens (tertiary/aromatic N) is 3. The third-order valence-electron chi connectivity index (χ3n) is 8.95. The van der Waals surface area contributed by atoms with E-state index >= 15 is 0 Å². The van der Waals surface area contributed by atoms with Crippen LogP contribution in [0.1, 0.15) is 0 Å². The molecule has 44 heavy (non-hydrogen) atoms. The van der Waals surface area contributed by atoms with Crippen LogP contribution in [0, 0.1) is 0 Å². The first-order valence-corrected chi connectivity index (χ1v) is 14.8. The minimum atomic E-state index is 0.897. The lowest BCUT2D eigenvalue weighted by molar-refractivity contribution is 0.670. The van der Waals surface area contributed by atoms with Crippen molar-refractivity contribution >= 4 is 71.1 Å². The highest BCUT2D eigenvalue weighted by Crippen LogP contribution is 2.44. The third-order valence-corrected chi connectivity index (χ3v) is 8.95. The normalized spacial score (nSPS) is 12.1. The van der Waals surface area contributed by atoms with Gasteiger partial charge in [0.2, 0.25) is 0 Å². The van der Waals surface area contributed by atoms with Crippen LogP contribution in [0.5, 0.6) is 0 Å². The fourth-order valence-electron chi connectivity index (χ4n) is 6.97. The lowest BCUT2D eigenvalue weighted by Crippen LogP contribution is -1.92. The molecule has 4 aromatic heterocycles. The predicted molar refractivity (Wildman–Crippen MR) is 181 cm³/mol. The molecule has 4 heteroatoms. The number of pyridine rings is 2. The number of hydrogen-bond donors (Lipinski definition) is 0. The van der Waals surface area contributed by atoms with E-state index in [9.17, 15) is 0 Å². The van der Waals surface area contributed by atoms with Gasteiger partial charge in [0, 0.05) is 33.5 Å². The molecule has 0 aliphatic rings. The molecule has 204 valence electrons. The average molecular weight is 562 g/mol. The largest absolute Gasteiger partial charge is 0.455 e. The zero-order chi connectivity index (χ0) is 28.8. The van der Waals surface area contributed by atoms with E-state index in [1.165, 1.54) is 21.5 Å². The van der Waals surface area contributed by atoms with Gasteiger partial charge in [0.1, 0.15) is 22.3 Å². The van der Waals surface area contributed by atoms with Gasteiger partial charge in [0.25, 0.3) is 0 Å². The number of hydrogen-bond acceptors (Lipinski definition) is 3. The molecule has 0 saturated heterocycles. The predicted octanol–water partition coefficient (Wildman–Crippen LogP) is 10.6. The van der Waals surface area contributed by atoms with Crippen molar-refractivity contribution in [1.82, 2.24) is 14.4 Å². The van der Waals surface area contributed by atoms with Crippen molar-refractivity contribution in [2.75, 3.05) is 0 Å². The molecular weight excluding hydrogens is 538 g/mol. The molecule has 4 nitrogen and oxygen atoms in total. The van der Waals surface area contributed by atoms with E-state index in [1.807, 2.05) is 18.2 Å². The Bertz CT molecular complexity index is 2770. The first kappa shape index (κ1) is 23.6. The SMILES string of the molecule is c1ccc(-c2nc3ccc(-c4cc5ccccc5c5c4oc4ccc6ccccc6c45)cc3c3nc4ccccn4c23)cc1. The summed E-state index contributed by atoms with van der Waals surface area (Å²) < 4.78 is 8.89. The molecule has 0 N–H and O–H groups in total. The summed E-state index contributed by atoms with van der Waals surface area (Å²) in [5, 5.41) is 8.12. The molecule has 0 fully saturated rings. The minimum absolute atomic E-state index is 0.897. The Kier molecular flexibility index (Phi) is 4.69. The van der Waals surface area contributed by atoms with Gasteiger partial charge >= 0.3 is 0 Å². The molecule has 0 unspecified atom stereocenters. The molecule has 4 heterocycles. The van der Waals surface area contributed by atoms with Gasteiger partial charge in [-0.25, -0.2) is 9.97 Å². The zero-order valence-electron chi connectivity index (χ0n) is 23.5. The van der Waals surface area contributed by atoms with Crippen molar-refractivity contribution in [3.8, 4) is 22.4 Å². The number of rotatable bonds is 2. The Morgan fingerprint density at radius 3 is 2.20 bits per heavy atom. The summed E-state index contributed by atoms with van der Waals surface area (Å²) in [5.41, 5.74) is 9.69. The van der Waals surface area contributed by atoms with Gasteiger partial charge in [0.15, 0.2) is 0 Å². The van der Waals surface area contributed by atoms with E-state index in [4.69, 9.17) is 14.4 Å². The van der Waals surface area contributed by atoms with E-state index in [0.717, 1.165) is 71.9 Å². The maximum Gasteiger partial charge on any atom is 0.143 e. The lowest BCUT2D eigenvalue weighted by atomic mass is 9.94. The summed E-state index contributed by atoms with van der Waals surface area (Å²) >= 11 is 0. The molecule has 10 aromatic rings. The second-order valence-corrected chi connectivity index (χ2v) is 11.4. The van der Waals surface area contributed by atoms with Gasteiger partial charge in [-0.2, -0.15) is 0 Å². The molecule has 10 rings (SSSR count). The summed E-state index contributed by atoms with van der Waals surface area (Å²) in [6.45, 7) is 0. The number of imidazole rings is 1. The molecule has 0 amide bonds. The van der Waals surface area contributed by atoms with Gasteiger partial charge in [-0.3, -0.25) is 4.40 Å². The first-order chi connectivity index (χ1) is 21.8. The molecule has 0 radical (unpaired) electrons. The number of benzene rings is 6. The molecule has 0 atom stereocenters. The van der Waals surface area contributed by atoms with Gasteiger partial charge < -0.3 is 4.42 Å². The van der Waals surface area contributed by atoms with Crippen molar-refractivity contribution in [3.63, 3.8) is 0 Å². The number of aromatic nitrogens is 3. The Labute approximate surface area is 251 Å². The maximum absolute atomic E-state index is 6.74. The van der Waals surface area contributed by atoms with Crippen LogP contribution in [-0.2, 0) is 0 Å². The van der Waals surface area contributed by atoms with Crippen molar-refractivity contribution in [2.45, 2.75) is 0 Å². The topological polar surface area (TPSA) is 43.3 Å². The van der Waals surface area contributed by atoms with Crippen molar-refractivity contribution in [1.29, 1.82) is 0 Å². The molecule has 6 aromatic carbocycles. The van der Waals surface area contributed by atoms with Crippen LogP contribution in [-0.4, -0.2) is 14.4 Å². The Morgan fingerprint density at radius 1 is 0.545 bits per heavy atom. The second kappa shape index (κ2) is 8.76. The summed E-state index contributed by atoms with van der Waals surface area (Å²) in [4.78, 5) is 10.4. The molecule has 0 aliphatic heterocycles. The monoisotopic (exact) mass is 561 g/mol. The molecule has 0 bridgehead atoms. The summed E-state index contributed by atoms with van der Waals surface area (Å²) in [6, 6.07) is 46.7. The first-order valence-electron chi connectivity index (χ1n) is 14.8. The highest BCUT2D eigenvalue weighted by atomic mass is 16.3. The van der Waals surface area contributed by atoms with Gasteiger partial charge in [-0.15, -0.1) is 0 Å². The van der Waals surface area contributed by atoms with Crippen LogP contribution in [0.2, 0.25) is 0 Å². The van der Waals surface area contributed by atoms with E-state index in [-0.39, 0.29) is 0 Å². The summed E-state index contributed by atoms with van der Waals surface area (Å²) in [7, 11) is 0. The maximum atomic E-state index is 6.74. The molecule has 0 saturated carbocycles. The highest BCUT2D eigenvalue weighted by molar-refractivity contribution is 6.29. The Hall–Kier alpha value is -6.00. The van der Waals surface area contributed by atoms with Crippen LogP contribution >= 0.6 is 0 Å². The fourth-order valence-corrected chi connectivity index (χ4v) is 6.97. The van der Waals surface area contributed by atoms with Gasteiger partial charge in [-0.05, 0) is 63.5 Å². The van der Waals surface area contributed by atoms with E-state index in [1.54, 1.807) is 0 Å². The lowest BCUT2D eigenvalue weighted by Gasteiger charge is -2.11. The Balaban J connectivity index is 1.33. The average Bonchev–Trinajstić information content (AvgIpc) is 3.68. The Morgan fingerprint density at radius 2 is 1.32 bits per heavy atom. The molecule has 0 spiro atoms. The highest BCUT2D eigenvalue weighted by Gasteiger charge is 2.20. The van der Waals surface area contributed by atoms with Crippen LogP contribution in [0.4, 0.5) is 0 Å². The minimum Gasteiger partial charge on any atom is -0.455 e.